The summed E-state index contributed by atoms with van der Waals surface area (Å²) < 4.78 is 14.7. The molecule has 0 aliphatic carbocycles. The Morgan fingerprint density at radius 1 is 1.19 bits per heavy atom. The summed E-state index contributed by atoms with van der Waals surface area (Å²) in [6.45, 7) is 0. The first kappa shape index (κ1) is 18.3. The summed E-state index contributed by atoms with van der Waals surface area (Å²) in [5.41, 5.74) is 0.348. The van der Waals surface area contributed by atoms with Crippen molar-refractivity contribution in [2.75, 3.05) is 19.5 Å². The van der Waals surface area contributed by atoms with Gasteiger partial charge in [-0.25, -0.2) is 9.78 Å². The predicted molar refractivity (Wildman–Crippen MR) is 98.4 cm³/mol. The standard InChI is InChI=1S/C18H14N2O6S/c1-24-13-9-26-12(8-11(13)21)16(22)20-18-19-14(17(23)25-2)15(27-18)10-6-4-3-5-7-10/h3-9H,1-2H3,(H,19,20,22). The highest BCUT2D eigenvalue weighted by molar-refractivity contribution is 7.19. The van der Waals surface area contributed by atoms with Crippen LogP contribution in [0.25, 0.3) is 10.4 Å². The molecule has 0 atom stereocenters. The second kappa shape index (κ2) is 7.83. The highest BCUT2D eigenvalue weighted by Gasteiger charge is 2.22. The van der Waals surface area contributed by atoms with Crippen LogP contribution in [0.5, 0.6) is 5.75 Å². The molecule has 2 heterocycles. The summed E-state index contributed by atoms with van der Waals surface area (Å²) in [7, 11) is 2.57. The van der Waals surface area contributed by atoms with Crippen LogP contribution < -0.4 is 15.5 Å². The smallest absolute Gasteiger partial charge is 0.358 e. The van der Waals surface area contributed by atoms with Gasteiger partial charge < -0.3 is 13.9 Å². The van der Waals surface area contributed by atoms with E-state index in [1.807, 2.05) is 30.3 Å². The van der Waals surface area contributed by atoms with Crippen molar-refractivity contribution in [2.45, 2.75) is 0 Å². The number of anilines is 1. The lowest BCUT2D eigenvalue weighted by atomic mass is 10.1. The Morgan fingerprint density at radius 2 is 1.93 bits per heavy atom. The summed E-state index contributed by atoms with van der Waals surface area (Å²) in [4.78, 5) is 40.8. The van der Waals surface area contributed by atoms with Gasteiger partial charge in [0.05, 0.1) is 19.1 Å². The number of ether oxygens (including phenoxy) is 2. The molecule has 0 bridgehead atoms. The van der Waals surface area contributed by atoms with Crippen LogP contribution in [0, 0.1) is 0 Å². The highest BCUT2D eigenvalue weighted by Crippen LogP contribution is 2.33. The maximum absolute atomic E-state index is 12.3. The zero-order valence-electron chi connectivity index (χ0n) is 14.3. The lowest BCUT2D eigenvalue weighted by molar-refractivity contribution is 0.0595. The van der Waals surface area contributed by atoms with Gasteiger partial charge in [0.25, 0.3) is 5.91 Å². The second-order valence-corrected chi connectivity index (χ2v) is 6.18. The zero-order valence-corrected chi connectivity index (χ0v) is 15.2. The predicted octanol–water partition coefficient (Wildman–Crippen LogP) is 2.81. The number of hydrogen-bond acceptors (Lipinski definition) is 8. The molecular weight excluding hydrogens is 372 g/mol. The van der Waals surface area contributed by atoms with Gasteiger partial charge in [-0.15, -0.1) is 0 Å². The molecule has 0 aliphatic heterocycles. The fourth-order valence-electron chi connectivity index (χ4n) is 2.22. The van der Waals surface area contributed by atoms with E-state index in [-0.39, 0.29) is 22.3 Å². The fourth-order valence-corrected chi connectivity index (χ4v) is 3.17. The van der Waals surface area contributed by atoms with Crippen molar-refractivity contribution >= 4 is 28.3 Å². The number of nitrogens with zero attached hydrogens (tertiary/aromatic N) is 1. The minimum Gasteiger partial charge on any atom is -0.490 e. The van der Waals surface area contributed by atoms with Gasteiger partial charge in [0.15, 0.2) is 16.6 Å². The SMILES string of the molecule is COC(=O)c1nc(NC(=O)c2cc(=O)c(OC)co2)sc1-c1ccccc1. The molecule has 0 fully saturated rings. The third-order valence-electron chi connectivity index (χ3n) is 3.50. The van der Waals surface area contributed by atoms with E-state index in [0.717, 1.165) is 29.2 Å². The Hall–Kier alpha value is -3.46. The van der Waals surface area contributed by atoms with E-state index in [4.69, 9.17) is 13.9 Å². The van der Waals surface area contributed by atoms with E-state index in [9.17, 15) is 14.4 Å². The quantitative estimate of drug-likeness (QED) is 0.672. The normalized spacial score (nSPS) is 10.3. The number of esters is 1. The molecule has 0 saturated carbocycles. The first-order valence-corrected chi connectivity index (χ1v) is 8.48. The molecule has 1 amide bonds. The second-order valence-electron chi connectivity index (χ2n) is 5.19. The molecule has 0 aliphatic rings. The van der Waals surface area contributed by atoms with E-state index in [2.05, 4.69) is 10.3 Å². The zero-order chi connectivity index (χ0) is 19.4. The average Bonchev–Trinajstić information content (AvgIpc) is 3.11. The van der Waals surface area contributed by atoms with Gasteiger partial charge in [-0.05, 0) is 5.56 Å². The van der Waals surface area contributed by atoms with E-state index in [1.165, 1.54) is 14.2 Å². The van der Waals surface area contributed by atoms with Crippen LogP contribution in [0.4, 0.5) is 5.13 Å². The molecule has 0 radical (unpaired) electrons. The molecule has 3 aromatic rings. The Balaban J connectivity index is 1.92. The van der Waals surface area contributed by atoms with Crippen LogP contribution in [-0.4, -0.2) is 31.1 Å². The molecule has 0 saturated heterocycles. The number of carbonyl (C=O) groups excluding carboxylic acids is 2. The number of carbonyl (C=O) groups is 2. The Morgan fingerprint density at radius 3 is 2.56 bits per heavy atom. The number of rotatable bonds is 5. The number of amides is 1. The number of benzene rings is 1. The number of aromatic nitrogens is 1. The van der Waals surface area contributed by atoms with Crippen LogP contribution in [0.1, 0.15) is 21.0 Å². The molecule has 1 aromatic carbocycles. The van der Waals surface area contributed by atoms with Gasteiger partial charge in [0.2, 0.25) is 11.2 Å². The fraction of sp³-hybridized carbons (Fsp3) is 0.111. The van der Waals surface area contributed by atoms with Crippen molar-refractivity contribution in [1.82, 2.24) is 4.98 Å². The van der Waals surface area contributed by atoms with E-state index in [1.54, 1.807) is 0 Å². The van der Waals surface area contributed by atoms with Gasteiger partial charge in [-0.3, -0.25) is 14.9 Å². The van der Waals surface area contributed by atoms with Crippen molar-refractivity contribution in [3.05, 3.63) is 64.3 Å². The Labute approximate surface area is 157 Å². The summed E-state index contributed by atoms with van der Waals surface area (Å²) in [6.07, 6.45) is 1.05. The maximum Gasteiger partial charge on any atom is 0.358 e. The molecular formula is C18H14N2O6S. The van der Waals surface area contributed by atoms with Crippen molar-refractivity contribution in [3.8, 4) is 16.2 Å². The highest BCUT2D eigenvalue weighted by atomic mass is 32.1. The van der Waals surface area contributed by atoms with E-state index in [0.29, 0.717) is 4.88 Å². The third kappa shape index (κ3) is 3.87. The maximum atomic E-state index is 12.3. The largest absolute Gasteiger partial charge is 0.490 e. The number of hydrogen-bond donors (Lipinski definition) is 1. The summed E-state index contributed by atoms with van der Waals surface area (Å²) >= 11 is 1.10. The molecule has 1 N–H and O–H groups in total. The monoisotopic (exact) mass is 386 g/mol. The topological polar surface area (TPSA) is 108 Å². The molecule has 2 aromatic heterocycles. The molecule has 3 rings (SSSR count). The molecule has 0 unspecified atom stereocenters. The summed E-state index contributed by atoms with van der Waals surface area (Å²) in [6, 6.07) is 10.1. The van der Waals surface area contributed by atoms with Crippen LogP contribution in [-0.2, 0) is 4.74 Å². The molecule has 9 heteroatoms. The summed E-state index contributed by atoms with van der Waals surface area (Å²) in [5, 5.41) is 2.68. The first-order valence-electron chi connectivity index (χ1n) is 7.66. The lowest BCUT2D eigenvalue weighted by Crippen LogP contribution is -2.15. The Bertz CT molecular complexity index is 1040. The van der Waals surface area contributed by atoms with Crippen molar-refractivity contribution in [3.63, 3.8) is 0 Å². The van der Waals surface area contributed by atoms with Crippen molar-refractivity contribution in [1.29, 1.82) is 0 Å². The molecule has 8 nitrogen and oxygen atoms in total. The van der Waals surface area contributed by atoms with Crippen LogP contribution in [0.3, 0.4) is 0 Å². The molecule has 27 heavy (non-hydrogen) atoms. The lowest BCUT2D eigenvalue weighted by Gasteiger charge is -2.01. The van der Waals surface area contributed by atoms with Gasteiger partial charge in [0, 0.05) is 6.07 Å². The molecule has 138 valence electrons. The first-order chi connectivity index (χ1) is 13.0. The summed E-state index contributed by atoms with van der Waals surface area (Å²) in [5.74, 6) is -1.53. The molecule has 0 spiro atoms. The van der Waals surface area contributed by atoms with Gasteiger partial charge in [-0.2, -0.15) is 0 Å². The number of thiazole rings is 1. The van der Waals surface area contributed by atoms with Crippen molar-refractivity contribution in [2.24, 2.45) is 0 Å². The average molecular weight is 386 g/mol. The van der Waals surface area contributed by atoms with Gasteiger partial charge >= 0.3 is 5.97 Å². The van der Waals surface area contributed by atoms with E-state index >= 15 is 0 Å². The minimum absolute atomic E-state index is 0.0138. The van der Waals surface area contributed by atoms with Crippen molar-refractivity contribution < 1.29 is 23.5 Å². The van der Waals surface area contributed by atoms with E-state index < -0.39 is 17.3 Å². The van der Waals surface area contributed by atoms with Crippen LogP contribution >= 0.6 is 11.3 Å². The number of methoxy groups -OCH3 is 2. The van der Waals surface area contributed by atoms with Crippen LogP contribution in [0.2, 0.25) is 0 Å². The number of nitrogens with one attached hydrogen (secondary N) is 1. The third-order valence-corrected chi connectivity index (χ3v) is 4.52. The van der Waals surface area contributed by atoms with Crippen LogP contribution in [0.15, 0.2) is 51.9 Å². The Kier molecular flexibility index (Phi) is 5.32. The minimum atomic E-state index is -0.681. The van der Waals surface area contributed by atoms with Gasteiger partial charge in [0.1, 0.15) is 6.26 Å². The van der Waals surface area contributed by atoms with Gasteiger partial charge in [-0.1, -0.05) is 41.7 Å².